The summed E-state index contributed by atoms with van der Waals surface area (Å²) >= 11 is 0. The number of H-pyrrole nitrogens is 1. The number of alkyl halides is 3. The Kier molecular flexibility index (Phi) is 6.41. The molecule has 0 aliphatic carbocycles. The van der Waals surface area contributed by atoms with E-state index >= 15 is 0 Å². The summed E-state index contributed by atoms with van der Waals surface area (Å²) in [6.45, 7) is -0.329. The highest BCUT2D eigenvalue weighted by Crippen LogP contribution is 2.32. The molecule has 0 spiro atoms. The van der Waals surface area contributed by atoms with Crippen molar-refractivity contribution in [3.05, 3.63) is 77.1 Å². The zero-order valence-corrected chi connectivity index (χ0v) is 18.7. The van der Waals surface area contributed by atoms with E-state index in [-0.39, 0.29) is 35.2 Å². The lowest BCUT2D eigenvalue weighted by Crippen LogP contribution is -2.25. The molecule has 2 heterocycles. The molecule has 0 aliphatic rings. The van der Waals surface area contributed by atoms with Crippen LogP contribution >= 0.6 is 0 Å². The number of carbonyl (C=O) groups excluding carboxylic acids is 2. The largest absolute Gasteiger partial charge is 0.480 e. The molecule has 35 heavy (non-hydrogen) atoms. The fourth-order valence-corrected chi connectivity index (χ4v) is 3.65. The maximum absolute atomic E-state index is 13.3. The molecule has 0 saturated carbocycles. The zero-order chi connectivity index (χ0) is 25.2. The van der Waals surface area contributed by atoms with Gasteiger partial charge in [0.25, 0.3) is 11.8 Å². The maximum Gasteiger partial charge on any atom is 0.416 e. The Morgan fingerprint density at radius 3 is 2.54 bits per heavy atom. The average Bonchev–Trinajstić information content (AvgIpc) is 3.29. The number of pyridine rings is 1. The standard InChI is InChI=1S/C24H20F3N5O3/c1-28-22(34)20-16-8-7-13(10-19(16)31-32-20)15-9-17(23(35-2)30-12-15)21(33)29-11-14-5-3-4-6-18(14)24(25,26)27/h3-10,12H,11H2,1-2H3,(H,28,34)(H,29,33)(H,31,32). The number of nitrogens with one attached hydrogen (secondary N) is 3. The number of benzene rings is 2. The SMILES string of the molecule is CNC(=O)c1n[nH]c2cc(-c3cnc(OC)c(C(=O)NCc4ccccc4C(F)(F)F)c3)ccc12. The number of halogens is 3. The third-order valence-corrected chi connectivity index (χ3v) is 5.39. The molecule has 8 nitrogen and oxygen atoms in total. The Labute approximate surface area is 197 Å². The molecule has 2 aromatic carbocycles. The van der Waals surface area contributed by atoms with Crippen LogP contribution in [-0.2, 0) is 12.7 Å². The summed E-state index contributed by atoms with van der Waals surface area (Å²) < 4.78 is 45.0. The molecule has 0 atom stereocenters. The van der Waals surface area contributed by atoms with Crippen molar-refractivity contribution in [2.24, 2.45) is 0 Å². The van der Waals surface area contributed by atoms with E-state index in [1.807, 2.05) is 0 Å². The van der Waals surface area contributed by atoms with Crippen LogP contribution in [0, 0.1) is 0 Å². The van der Waals surface area contributed by atoms with Crippen LogP contribution < -0.4 is 15.4 Å². The van der Waals surface area contributed by atoms with E-state index in [0.29, 0.717) is 22.0 Å². The summed E-state index contributed by atoms with van der Waals surface area (Å²) in [7, 11) is 2.85. The second-order valence-corrected chi connectivity index (χ2v) is 7.53. The lowest BCUT2D eigenvalue weighted by atomic mass is 10.0. The van der Waals surface area contributed by atoms with Gasteiger partial charge in [0.1, 0.15) is 5.56 Å². The summed E-state index contributed by atoms with van der Waals surface area (Å²) in [4.78, 5) is 29.0. The average molecular weight is 483 g/mol. The van der Waals surface area contributed by atoms with Crippen LogP contribution in [0.2, 0.25) is 0 Å². The van der Waals surface area contributed by atoms with E-state index in [0.717, 1.165) is 6.07 Å². The first kappa shape index (κ1) is 23.7. The molecule has 11 heteroatoms. The van der Waals surface area contributed by atoms with Crippen molar-refractivity contribution in [2.75, 3.05) is 14.2 Å². The summed E-state index contributed by atoms with van der Waals surface area (Å²) in [6, 6.07) is 11.8. The zero-order valence-electron chi connectivity index (χ0n) is 18.7. The minimum Gasteiger partial charge on any atom is -0.480 e. The molecule has 2 amide bonds. The topological polar surface area (TPSA) is 109 Å². The van der Waals surface area contributed by atoms with Crippen molar-refractivity contribution in [3.63, 3.8) is 0 Å². The number of methoxy groups -OCH3 is 1. The van der Waals surface area contributed by atoms with E-state index in [9.17, 15) is 22.8 Å². The fourth-order valence-electron chi connectivity index (χ4n) is 3.65. The molecule has 0 saturated heterocycles. The lowest BCUT2D eigenvalue weighted by Gasteiger charge is -2.14. The van der Waals surface area contributed by atoms with Gasteiger partial charge in [0.05, 0.1) is 18.2 Å². The van der Waals surface area contributed by atoms with Crippen molar-refractivity contribution in [3.8, 4) is 17.0 Å². The third kappa shape index (κ3) is 4.79. The molecule has 4 aromatic rings. The Bertz CT molecular complexity index is 1420. The van der Waals surface area contributed by atoms with Crippen LogP contribution in [0.3, 0.4) is 0 Å². The van der Waals surface area contributed by atoms with Crippen LogP contribution in [0.4, 0.5) is 13.2 Å². The van der Waals surface area contributed by atoms with Gasteiger partial charge in [-0.15, -0.1) is 0 Å². The van der Waals surface area contributed by atoms with E-state index in [4.69, 9.17) is 4.74 Å². The summed E-state index contributed by atoms with van der Waals surface area (Å²) in [5.74, 6) is -0.946. The highest BCUT2D eigenvalue weighted by Gasteiger charge is 2.33. The van der Waals surface area contributed by atoms with Crippen LogP contribution in [0.25, 0.3) is 22.0 Å². The Morgan fingerprint density at radius 1 is 1.06 bits per heavy atom. The number of ether oxygens (including phenoxy) is 1. The number of amides is 2. The molecule has 180 valence electrons. The summed E-state index contributed by atoms with van der Waals surface area (Å²) in [5, 5.41) is 12.5. The second-order valence-electron chi connectivity index (χ2n) is 7.53. The van der Waals surface area contributed by atoms with Crippen LogP contribution in [0.15, 0.2) is 54.7 Å². The first-order chi connectivity index (χ1) is 16.7. The van der Waals surface area contributed by atoms with Gasteiger partial charge in [-0.25, -0.2) is 4.98 Å². The Balaban J connectivity index is 1.62. The van der Waals surface area contributed by atoms with Gasteiger partial charge in [0.2, 0.25) is 5.88 Å². The number of hydrogen-bond donors (Lipinski definition) is 3. The predicted octanol–water partition coefficient (Wildman–Crippen LogP) is 3.94. The van der Waals surface area contributed by atoms with Gasteiger partial charge in [0.15, 0.2) is 5.69 Å². The van der Waals surface area contributed by atoms with Gasteiger partial charge in [-0.05, 0) is 35.4 Å². The van der Waals surface area contributed by atoms with Crippen molar-refractivity contribution in [2.45, 2.75) is 12.7 Å². The van der Waals surface area contributed by atoms with Crippen molar-refractivity contribution in [1.29, 1.82) is 0 Å². The smallest absolute Gasteiger partial charge is 0.416 e. The fraction of sp³-hybridized carbons (Fsp3) is 0.167. The highest BCUT2D eigenvalue weighted by molar-refractivity contribution is 6.05. The Hall–Kier alpha value is -4.41. The van der Waals surface area contributed by atoms with Gasteiger partial charge in [-0.3, -0.25) is 14.7 Å². The third-order valence-electron chi connectivity index (χ3n) is 5.39. The Morgan fingerprint density at radius 2 is 1.83 bits per heavy atom. The van der Waals surface area contributed by atoms with Gasteiger partial charge in [-0.1, -0.05) is 24.3 Å². The van der Waals surface area contributed by atoms with Crippen LogP contribution in [-0.4, -0.2) is 41.2 Å². The first-order valence-corrected chi connectivity index (χ1v) is 10.4. The molecular weight excluding hydrogens is 463 g/mol. The van der Waals surface area contributed by atoms with E-state index in [1.54, 1.807) is 18.2 Å². The number of carbonyl (C=O) groups is 2. The molecular formula is C24H20F3N5O3. The number of hydrogen-bond acceptors (Lipinski definition) is 5. The maximum atomic E-state index is 13.3. The van der Waals surface area contributed by atoms with E-state index in [1.165, 1.54) is 44.6 Å². The van der Waals surface area contributed by atoms with Gasteiger partial charge in [0, 0.05) is 30.7 Å². The molecule has 3 N–H and O–H groups in total. The molecule has 0 radical (unpaired) electrons. The lowest BCUT2D eigenvalue weighted by molar-refractivity contribution is -0.138. The van der Waals surface area contributed by atoms with Crippen molar-refractivity contribution in [1.82, 2.24) is 25.8 Å². The number of fused-ring (bicyclic) bond motifs is 1. The number of aromatic nitrogens is 3. The van der Waals surface area contributed by atoms with E-state index < -0.39 is 17.6 Å². The molecule has 0 aliphatic heterocycles. The first-order valence-electron chi connectivity index (χ1n) is 10.4. The minimum absolute atomic E-state index is 0.0277. The number of nitrogens with zero attached hydrogens (tertiary/aromatic N) is 2. The molecule has 0 fully saturated rings. The van der Waals surface area contributed by atoms with Crippen molar-refractivity contribution < 1.29 is 27.5 Å². The predicted molar refractivity (Wildman–Crippen MR) is 122 cm³/mol. The molecule has 0 unspecified atom stereocenters. The normalized spacial score (nSPS) is 11.3. The molecule has 2 aromatic heterocycles. The minimum atomic E-state index is -4.54. The van der Waals surface area contributed by atoms with Crippen molar-refractivity contribution >= 4 is 22.7 Å². The van der Waals surface area contributed by atoms with Gasteiger partial charge in [-0.2, -0.15) is 18.3 Å². The number of aromatic amines is 1. The highest BCUT2D eigenvalue weighted by atomic mass is 19.4. The quantitative estimate of drug-likeness (QED) is 0.385. The van der Waals surface area contributed by atoms with E-state index in [2.05, 4.69) is 25.8 Å². The monoisotopic (exact) mass is 483 g/mol. The van der Waals surface area contributed by atoms with Crippen LogP contribution in [0.1, 0.15) is 32.0 Å². The summed E-state index contributed by atoms with van der Waals surface area (Å²) in [5.41, 5.74) is 1.27. The van der Waals surface area contributed by atoms with Gasteiger partial charge >= 0.3 is 6.18 Å². The van der Waals surface area contributed by atoms with Crippen LogP contribution in [0.5, 0.6) is 5.88 Å². The van der Waals surface area contributed by atoms with Gasteiger partial charge < -0.3 is 15.4 Å². The summed E-state index contributed by atoms with van der Waals surface area (Å²) in [6.07, 6.45) is -3.03. The molecule has 0 bridgehead atoms. The second kappa shape index (κ2) is 9.45. The molecule has 4 rings (SSSR count). The number of rotatable bonds is 6.